The van der Waals surface area contributed by atoms with E-state index in [2.05, 4.69) is 28.8 Å². The highest BCUT2D eigenvalue weighted by Gasteiger charge is 2.12. The Balaban J connectivity index is 2.26. The molecule has 108 valence electrons. The number of sulfone groups is 1. The van der Waals surface area contributed by atoms with E-state index in [9.17, 15) is 8.42 Å². The second-order valence-electron chi connectivity index (χ2n) is 4.88. The van der Waals surface area contributed by atoms with Crippen molar-refractivity contribution in [2.75, 3.05) is 6.26 Å². The summed E-state index contributed by atoms with van der Waals surface area (Å²) in [5.74, 6) is 0. The molecule has 0 aliphatic carbocycles. The zero-order chi connectivity index (χ0) is 14.8. The highest BCUT2D eigenvalue weighted by Crippen LogP contribution is 2.25. The monoisotopic (exact) mass is 311 g/mol. The van der Waals surface area contributed by atoms with Crippen LogP contribution < -0.4 is 5.32 Å². The summed E-state index contributed by atoms with van der Waals surface area (Å²) in [4.78, 5) is 1.36. The SMILES string of the molecule is CC(C)NCc1snnc1-c1ccc(S(C)(=O)=O)cc1. The smallest absolute Gasteiger partial charge is 0.175 e. The van der Waals surface area contributed by atoms with Crippen molar-refractivity contribution < 1.29 is 8.42 Å². The molecule has 1 aromatic heterocycles. The van der Waals surface area contributed by atoms with Gasteiger partial charge in [-0.3, -0.25) is 0 Å². The maximum atomic E-state index is 11.4. The van der Waals surface area contributed by atoms with Gasteiger partial charge < -0.3 is 5.32 Å². The molecule has 2 rings (SSSR count). The van der Waals surface area contributed by atoms with E-state index in [0.29, 0.717) is 17.5 Å². The first kappa shape index (κ1) is 15.1. The number of nitrogens with zero attached hydrogens (tertiary/aromatic N) is 2. The molecule has 7 heteroatoms. The van der Waals surface area contributed by atoms with Gasteiger partial charge in [0, 0.05) is 24.4 Å². The van der Waals surface area contributed by atoms with Crippen molar-refractivity contribution >= 4 is 21.4 Å². The Kier molecular flexibility index (Phi) is 4.52. The van der Waals surface area contributed by atoms with Gasteiger partial charge in [-0.05, 0) is 23.7 Å². The normalized spacial score (nSPS) is 12.0. The van der Waals surface area contributed by atoms with Gasteiger partial charge in [-0.15, -0.1) is 5.10 Å². The number of rotatable bonds is 5. The van der Waals surface area contributed by atoms with E-state index in [0.717, 1.165) is 16.1 Å². The Labute approximate surface area is 123 Å². The standard InChI is InChI=1S/C13H17N3O2S2/c1-9(2)14-8-12-13(15-16-19-12)10-4-6-11(7-5-10)20(3,17)18/h4-7,9,14H,8H2,1-3H3. The van der Waals surface area contributed by atoms with Gasteiger partial charge in [0.05, 0.1) is 9.77 Å². The average molecular weight is 311 g/mol. The lowest BCUT2D eigenvalue weighted by Gasteiger charge is -2.07. The molecule has 20 heavy (non-hydrogen) atoms. The third-order valence-corrected chi connectivity index (χ3v) is 4.63. The predicted molar refractivity (Wildman–Crippen MR) is 80.4 cm³/mol. The summed E-state index contributed by atoms with van der Waals surface area (Å²) in [6, 6.07) is 7.13. The van der Waals surface area contributed by atoms with E-state index in [4.69, 9.17) is 0 Å². The molecule has 2 aromatic rings. The molecule has 0 radical (unpaired) electrons. The highest BCUT2D eigenvalue weighted by atomic mass is 32.2. The quantitative estimate of drug-likeness (QED) is 0.915. The van der Waals surface area contributed by atoms with Crippen molar-refractivity contribution in [3.8, 4) is 11.3 Å². The second kappa shape index (κ2) is 5.99. The summed E-state index contributed by atoms with van der Waals surface area (Å²) in [5.41, 5.74) is 1.69. The molecule has 5 nitrogen and oxygen atoms in total. The van der Waals surface area contributed by atoms with E-state index in [1.165, 1.54) is 17.8 Å². The average Bonchev–Trinajstić information content (AvgIpc) is 2.83. The zero-order valence-corrected chi connectivity index (χ0v) is 13.3. The van der Waals surface area contributed by atoms with Crippen LogP contribution in [0.1, 0.15) is 18.7 Å². The molecule has 1 heterocycles. The van der Waals surface area contributed by atoms with Crippen molar-refractivity contribution in [1.29, 1.82) is 0 Å². The predicted octanol–water partition coefficient (Wildman–Crippen LogP) is 2.11. The van der Waals surface area contributed by atoms with Gasteiger partial charge in [-0.1, -0.05) is 30.5 Å². The zero-order valence-electron chi connectivity index (χ0n) is 11.6. The first-order valence-electron chi connectivity index (χ1n) is 6.23. The Hall–Kier alpha value is -1.31. The van der Waals surface area contributed by atoms with Crippen molar-refractivity contribution in [2.24, 2.45) is 0 Å². The molecular formula is C13H17N3O2S2. The Morgan fingerprint density at radius 3 is 2.45 bits per heavy atom. The lowest BCUT2D eigenvalue weighted by molar-refractivity contribution is 0.593. The van der Waals surface area contributed by atoms with Gasteiger partial charge in [0.1, 0.15) is 5.69 Å². The molecule has 0 spiro atoms. The summed E-state index contributed by atoms with van der Waals surface area (Å²) in [5, 5.41) is 7.46. The minimum Gasteiger partial charge on any atom is -0.310 e. The minimum absolute atomic E-state index is 0.311. The van der Waals surface area contributed by atoms with Crippen LogP contribution in [-0.4, -0.2) is 30.3 Å². The maximum Gasteiger partial charge on any atom is 0.175 e. The fraction of sp³-hybridized carbons (Fsp3) is 0.385. The van der Waals surface area contributed by atoms with Crippen molar-refractivity contribution in [3.63, 3.8) is 0 Å². The maximum absolute atomic E-state index is 11.4. The van der Waals surface area contributed by atoms with E-state index in [1.807, 2.05) is 0 Å². The van der Waals surface area contributed by atoms with Gasteiger partial charge in [0.2, 0.25) is 0 Å². The van der Waals surface area contributed by atoms with Crippen molar-refractivity contribution in [3.05, 3.63) is 29.1 Å². The van der Waals surface area contributed by atoms with Crippen LogP contribution in [0.15, 0.2) is 29.2 Å². The Bertz CT molecular complexity index is 676. The molecular weight excluding hydrogens is 294 g/mol. The second-order valence-corrected chi connectivity index (χ2v) is 7.73. The number of hydrogen-bond donors (Lipinski definition) is 1. The van der Waals surface area contributed by atoms with Gasteiger partial charge in [0.25, 0.3) is 0 Å². The molecule has 0 bridgehead atoms. The van der Waals surface area contributed by atoms with Crippen LogP contribution in [0.5, 0.6) is 0 Å². The van der Waals surface area contributed by atoms with Crippen LogP contribution in [0.25, 0.3) is 11.3 Å². The molecule has 0 fully saturated rings. The molecule has 1 N–H and O–H groups in total. The fourth-order valence-electron chi connectivity index (χ4n) is 1.70. The topological polar surface area (TPSA) is 72.0 Å². The molecule has 0 atom stereocenters. The van der Waals surface area contributed by atoms with Crippen LogP contribution in [-0.2, 0) is 16.4 Å². The molecule has 0 amide bonds. The lowest BCUT2D eigenvalue weighted by atomic mass is 10.1. The first-order chi connectivity index (χ1) is 9.38. The van der Waals surface area contributed by atoms with Crippen LogP contribution in [0, 0.1) is 0 Å². The lowest BCUT2D eigenvalue weighted by Crippen LogP contribution is -2.21. The molecule has 0 aliphatic heterocycles. The number of aromatic nitrogens is 2. The van der Waals surface area contributed by atoms with Crippen LogP contribution in [0.4, 0.5) is 0 Å². The largest absolute Gasteiger partial charge is 0.310 e. The van der Waals surface area contributed by atoms with Gasteiger partial charge >= 0.3 is 0 Å². The minimum atomic E-state index is -3.17. The highest BCUT2D eigenvalue weighted by molar-refractivity contribution is 7.90. The molecule has 1 aromatic carbocycles. The molecule has 0 aliphatic rings. The van der Waals surface area contributed by atoms with Gasteiger partial charge in [0.15, 0.2) is 9.84 Å². The van der Waals surface area contributed by atoms with Crippen LogP contribution >= 0.6 is 11.5 Å². The number of hydrogen-bond acceptors (Lipinski definition) is 6. The third-order valence-electron chi connectivity index (χ3n) is 2.78. The number of nitrogens with one attached hydrogen (secondary N) is 1. The fourth-order valence-corrected chi connectivity index (χ4v) is 2.95. The van der Waals surface area contributed by atoms with E-state index in [1.54, 1.807) is 24.3 Å². The third kappa shape index (κ3) is 3.62. The van der Waals surface area contributed by atoms with Crippen LogP contribution in [0.3, 0.4) is 0 Å². The summed E-state index contributed by atoms with van der Waals surface area (Å²) >= 11 is 1.35. The molecule has 0 saturated carbocycles. The first-order valence-corrected chi connectivity index (χ1v) is 8.89. The summed E-state index contributed by atoms with van der Waals surface area (Å²) < 4.78 is 26.9. The van der Waals surface area contributed by atoms with E-state index < -0.39 is 9.84 Å². The summed E-state index contributed by atoms with van der Waals surface area (Å²) in [7, 11) is -3.17. The number of benzene rings is 1. The van der Waals surface area contributed by atoms with E-state index >= 15 is 0 Å². The van der Waals surface area contributed by atoms with E-state index in [-0.39, 0.29) is 0 Å². The Morgan fingerprint density at radius 2 is 1.90 bits per heavy atom. The molecule has 0 saturated heterocycles. The van der Waals surface area contributed by atoms with Gasteiger partial charge in [-0.25, -0.2) is 8.42 Å². The molecule has 0 unspecified atom stereocenters. The Morgan fingerprint density at radius 1 is 1.25 bits per heavy atom. The van der Waals surface area contributed by atoms with Crippen LogP contribution in [0.2, 0.25) is 0 Å². The summed E-state index contributed by atoms with van der Waals surface area (Å²) in [6.45, 7) is 4.86. The van der Waals surface area contributed by atoms with Crippen molar-refractivity contribution in [2.45, 2.75) is 31.3 Å². The summed E-state index contributed by atoms with van der Waals surface area (Å²) in [6.07, 6.45) is 1.20. The van der Waals surface area contributed by atoms with Gasteiger partial charge in [-0.2, -0.15) is 0 Å². The van der Waals surface area contributed by atoms with Crippen molar-refractivity contribution in [1.82, 2.24) is 14.9 Å².